The highest BCUT2D eigenvalue weighted by Crippen LogP contribution is 2.26. The molecule has 2 N–H and O–H groups in total. The first kappa shape index (κ1) is 15.1. The molecule has 0 aliphatic carbocycles. The molecule has 0 fully saturated rings. The number of hydrogen-bond acceptors (Lipinski definition) is 5. The zero-order chi connectivity index (χ0) is 16.4. The highest BCUT2D eigenvalue weighted by atomic mass is 16.1. The van der Waals surface area contributed by atoms with Crippen LogP contribution in [0.25, 0.3) is 22.3 Å². The standard InChI is InChI=1S/C18H18N4O/c1-3-4-15-17-16(22-18(19)21-15)8-7-14(20-17)13-9-11(2)5-6-12(13)10-23/h5-10H,3-4H2,1-2H3,(H2,19,21,22). The number of carbonyl (C=O) groups is 1. The number of anilines is 1. The van der Waals surface area contributed by atoms with E-state index in [1.807, 2.05) is 37.3 Å². The summed E-state index contributed by atoms with van der Waals surface area (Å²) in [7, 11) is 0. The van der Waals surface area contributed by atoms with E-state index < -0.39 is 0 Å². The molecule has 3 rings (SSSR count). The molecule has 0 atom stereocenters. The van der Waals surface area contributed by atoms with E-state index in [1.54, 1.807) is 0 Å². The summed E-state index contributed by atoms with van der Waals surface area (Å²) >= 11 is 0. The largest absolute Gasteiger partial charge is 0.368 e. The minimum atomic E-state index is 0.264. The van der Waals surface area contributed by atoms with E-state index in [0.717, 1.165) is 52.7 Å². The third kappa shape index (κ3) is 2.90. The van der Waals surface area contributed by atoms with E-state index in [4.69, 9.17) is 10.7 Å². The van der Waals surface area contributed by atoms with Gasteiger partial charge >= 0.3 is 0 Å². The predicted molar refractivity (Wildman–Crippen MR) is 91.3 cm³/mol. The monoisotopic (exact) mass is 306 g/mol. The summed E-state index contributed by atoms with van der Waals surface area (Å²) in [6.07, 6.45) is 2.59. The average molecular weight is 306 g/mol. The Labute approximate surface area is 134 Å². The Hall–Kier alpha value is -2.82. The first-order valence-corrected chi connectivity index (χ1v) is 7.61. The minimum absolute atomic E-state index is 0.264. The molecular weight excluding hydrogens is 288 g/mol. The number of nitrogens with zero attached hydrogens (tertiary/aromatic N) is 3. The van der Waals surface area contributed by atoms with Crippen molar-refractivity contribution in [1.82, 2.24) is 15.0 Å². The van der Waals surface area contributed by atoms with Crippen LogP contribution in [0, 0.1) is 6.92 Å². The summed E-state index contributed by atoms with van der Waals surface area (Å²) in [5, 5.41) is 0. The summed E-state index contributed by atoms with van der Waals surface area (Å²) in [5.74, 6) is 0.264. The molecule has 3 aromatic rings. The molecule has 0 spiro atoms. The number of aromatic nitrogens is 3. The van der Waals surface area contributed by atoms with Crippen LogP contribution in [0.2, 0.25) is 0 Å². The van der Waals surface area contributed by atoms with Gasteiger partial charge in [0, 0.05) is 11.1 Å². The molecule has 2 heterocycles. The number of pyridine rings is 1. The van der Waals surface area contributed by atoms with E-state index >= 15 is 0 Å². The lowest BCUT2D eigenvalue weighted by Gasteiger charge is -2.09. The molecule has 0 aliphatic heterocycles. The fraction of sp³-hybridized carbons (Fsp3) is 0.222. The van der Waals surface area contributed by atoms with Crippen molar-refractivity contribution in [3.8, 4) is 11.3 Å². The van der Waals surface area contributed by atoms with Crippen LogP contribution < -0.4 is 5.73 Å². The summed E-state index contributed by atoms with van der Waals surface area (Å²) in [5.41, 5.74) is 11.4. The summed E-state index contributed by atoms with van der Waals surface area (Å²) in [6, 6.07) is 9.45. The van der Waals surface area contributed by atoms with E-state index in [0.29, 0.717) is 5.56 Å². The van der Waals surface area contributed by atoms with Gasteiger partial charge in [-0.3, -0.25) is 4.79 Å². The maximum absolute atomic E-state index is 11.3. The molecule has 0 radical (unpaired) electrons. The van der Waals surface area contributed by atoms with Crippen LogP contribution in [0.1, 0.15) is 35.0 Å². The van der Waals surface area contributed by atoms with Gasteiger partial charge in [-0.1, -0.05) is 31.0 Å². The molecule has 0 aliphatic rings. The summed E-state index contributed by atoms with van der Waals surface area (Å²) < 4.78 is 0. The molecule has 5 nitrogen and oxygen atoms in total. The van der Waals surface area contributed by atoms with Crippen molar-refractivity contribution in [3.63, 3.8) is 0 Å². The average Bonchev–Trinajstić information content (AvgIpc) is 2.54. The highest BCUT2D eigenvalue weighted by molar-refractivity contribution is 5.89. The number of nitrogens with two attached hydrogens (primary N) is 1. The molecule has 2 aromatic heterocycles. The van der Waals surface area contributed by atoms with Gasteiger partial charge in [0.1, 0.15) is 5.52 Å². The van der Waals surface area contributed by atoms with Crippen LogP contribution in [-0.2, 0) is 6.42 Å². The van der Waals surface area contributed by atoms with Gasteiger partial charge in [-0.05, 0) is 31.5 Å². The number of aryl methyl sites for hydroxylation is 2. The third-order valence-electron chi connectivity index (χ3n) is 3.73. The highest BCUT2D eigenvalue weighted by Gasteiger charge is 2.11. The van der Waals surface area contributed by atoms with Gasteiger partial charge in [0.25, 0.3) is 0 Å². The van der Waals surface area contributed by atoms with E-state index in [-0.39, 0.29) is 5.95 Å². The smallest absolute Gasteiger partial charge is 0.220 e. The van der Waals surface area contributed by atoms with Crippen LogP contribution in [0.5, 0.6) is 0 Å². The SMILES string of the molecule is CCCc1nc(N)nc2ccc(-c3cc(C)ccc3C=O)nc12. The van der Waals surface area contributed by atoms with Crippen molar-refractivity contribution >= 4 is 23.3 Å². The Morgan fingerprint density at radius 3 is 2.70 bits per heavy atom. The molecule has 1 aromatic carbocycles. The van der Waals surface area contributed by atoms with Crippen molar-refractivity contribution < 1.29 is 4.79 Å². The molecular formula is C18H18N4O. The first-order chi connectivity index (χ1) is 11.1. The number of fused-ring (bicyclic) bond motifs is 1. The lowest BCUT2D eigenvalue weighted by molar-refractivity contribution is 0.112. The molecule has 0 saturated heterocycles. The van der Waals surface area contributed by atoms with E-state index in [2.05, 4.69) is 16.9 Å². The Kier molecular flexibility index (Phi) is 4.02. The molecule has 5 heteroatoms. The fourth-order valence-corrected chi connectivity index (χ4v) is 2.65. The van der Waals surface area contributed by atoms with Crippen LogP contribution >= 0.6 is 0 Å². The quantitative estimate of drug-likeness (QED) is 0.747. The Morgan fingerprint density at radius 1 is 1.13 bits per heavy atom. The van der Waals surface area contributed by atoms with Crippen LogP contribution in [0.4, 0.5) is 5.95 Å². The van der Waals surface area contributed by atoms with Gasteiger partial charge in [0.05, 0.1) is 16.9 Å². The van der Waals surface area contributed by atoms with Gasteiger partial charge < -0.3 is 5.73 Å². The van der Waals surface area contributed by atoms with Crippen molar-refractivity contribution in [3.05, 3.63) is 47.2 Å². The fourth-order valence-electron chi connectivity index (χ4n) is 2.65. The second-order valence-electron chi connectivity index (χ2n) is 5.55. The predicted octanol–water partition coefficient (Wildman–Crippen LogP) is 3.35. The minimum Gasteiger partial charge on any atom is -0.368 e. The Morgan fingerprint density at radius 2 is 1.96 bits per heavy atom. The van der Waals surface area contributed by atoms with Crippen molar-refractivity contribution in [2.75, 3.05) is 5.73 Å². The van der Waals surface area contributed by atoms with Crippen LogP contribution in [0.3, 0.4) is 0 Å². The normalized spacial score (nSPS) is 10.9. The number of benzene rings is 1. The zero-order valence-corrected chi connectivity index (χ0v) is 13.2. The van der Waals surface area contributed by atoms with Gasteiger partial charge in [-0.15, -0.1) is 0 Å². The van der Waals surface area contributed by atoms with E-state index in [1.165, 1.54) is 0 Å². The molecule has 23 heavy (non-hydrogen) atoms. The summed E-state index contributed by atoms with van der Waals surface area (Å²) in [6.45, 7) is 4.07. The Balaban J connectivity index is 2.24. The third-order valence-corrected chi connectivity index (χ3v) is 3.73. The maximum atomic E-state index is 11.3. The number of carbonyl (C=O) groups excluding carboxylic acids is 1. The molecule has 0 unspecified atom stereocenters. The van der Waals surface area contributed by atoms with E-state index in [9.17, 15) is 4.79 Å². The van der Waals surface area contributed by atoms with Gasteiger partial charge in [-0.2, -0.15) is 0 Å². The number of nitrogen functional groups attached to an aromatic ring is 1. The molecule has 0 amide bonds. The van der Waals surface area contributed by atoms with Crippen molar-refractivity contribution in [2.45, 2.75) is 26.7 Å². The second-order valence-corrected chi connectivity index (χ2v) is 5.55. The van der Waals surface area contributed by atoms with Gasteiger partial charge in [0.2, 0.25) is 5.95 Å². The van der Waals surface area contributed by atoms with Crippen LogP contribution in [-0.4, -0.2) is 21.2 Å². The van der Waals surface area contributed by atoms with Crippen molar-refractivity contribution in [1.29, 1.82) is 0 Å². The zero-order valence-electron chi connectivity index (χ0n) is 13.2. The van der Waals surface area contributed by atoms with Crippen LogP contribution in [0.15, 0.2) is 30.3 Å². The lowest BCUT2D eigenvalue weighted by Crippen LogP contribution is -2.03. The Bertz CT molecular complexity index is 890. The number of aldehydes is 1. The number of hydrogen-bond donors (Lipinski definition) is 1. The van der Waals surface area contributed by atoms with Gasteiger partial charge in [-0.25, -0.2) is 15.0 Å². The summed E-state index contributed by atoms with van der Waals surface area (Å²) in [4.78, 5) is 24.6. The lowest BCUT2D eigenvalue weighted by atomic mass is 10.0. The molecule has 0 bridgehead atoms. The molecule has 116 valence electrons. The topological polar surface area (TPSA) is 81.8 Å². The number of rotatable bonds is 4. The molecule has 0 saturated carbocycles. The van der Waals surface area contributed by atoms with Crippen molar-refractivity contribution in [2.24, 2.45) is 0 Å². The second kappa shape index (κ2) is 6.12. The maximum Gasteiger partial charge on any atom is 0.220 e. The first-order valence-electron chi connectivity index (χ1n) is 7.61. The van der Waals surface area contributed by atoms with Gasteiger partial charge in [0.15, 0.2) is 6.29 Å².